The standard InChI is InChI=1S/C44H30N2S/c1-28-12-6-7-15-34(28)42(32-13-4-3-5-14-32)45-29(2)30-20-24-33(25-21-30)46-39-18-10-8-16-35(39)37-26-22-31-23-27-38-36-17-9-11-19-40(36)47-44(38)41(31)43(37)46/h3-27H,1H2,2H3/b42-34-,45-29?. The van der Waals surface area contributed by atoms with Crippen molar-refractivity contribution in [2.24, 2.45) is 4.99 Å². The van der Waals surface area contributed by atoms with Crippen molar-refractivity contribution in [2.45, 2.75) is 6.92 Å². The second-order valence-corrected chi connectivity index (χ2v) is 13.1. The summed E-state index contributed by atoms with van der Waals surface area (Å²) in [6, 6.07) is 54.2. The highest BCUT2D eigenvalue weighted by molar-refractivity contribution is 7.26. The molecule has 9 aromatic rings. The summed E-state index contributed by atoms with van der Waals surface area (Å²) in [5, 5.41) is 9.75. The second-order valence-electron chi connectivity index (χ2n) is 12.1. The van der Waals surface area contributed by atoms with Gasteiger partial charge in [-0.15, -0.1) is 11.3 Å². The summed E-state index contributed by atoms with van der Waals surface area (Å²) in [6.45, 7) is 6.39. The van der Waals surface area contributed by atoms with Crippen LogP contribution < -0.4 is 10.4 Å². The summed E-state index contributed by atoms with van der Waals surface area (Å²) in [4.78, 5) is 5.22. The van der Waals surface area contributed by atoms with E-state index in [0.29, 0.717) is 0 Å². The average Bonchev–Trinajstić information content (AvgIpc) is 3.67. The number of hydrogen-bond acceptors (Lipinski definition) is 2. The summed E-state index contributed by atoms with van der Waals surface area (Å²) in [7, 11) is 0. The topological polar surface area (TPSA) is 17.3 Å². The molecule has 0 N–H and O–H groups in total. The lowest BCUT2D eigenvalue weighted by molar-refractivity contribution is 1.19. The van der Waals surface area contributed by atoms with E-state index in [2.05, 4.69) is 152 Å². The molecule has 0 aliphatic rings. The highest BCUT2D eigenvalue weighted by atomic mass is 32.1. The highest BCUT2D eigenvalue weighted by Gasteiger charge is 2.18. The summed E-state index contributed by atoms with van der Waals surface area (Å²) < 4.78 is 5.11. The zero-order valence-electron chi connectivity index (χ0n) is 25.9. The van der Waals surface area contributed by atoms with Gasteiger partial charge in [0.25, 0.3) is 0 Å². The molecular formula is C44H30N2S. The SMILES string of the molecule is C=c1cccc/c1=C(/N=C(C)c1ccc(-n2c3ccccc3c3ccc4ccc5c6ccccc6sc5c4c32)cc1)c1ccccc1. The Balaban J connectivity index is 1.26. The van der Waals surface area contributed by atoms with Gasteiger partial charge in [0.15, 0.2) is 0 Å². The van der Waals surface area contributed by atoms with E-state index in [-0.39, 0.29) is 0 Å². The van der Waals surface area contributed by atoms with Crippen molar-refractivity contribution in [3.8, 4) is 5.69 Å². The number of para-hydroxylation sites is 1. The molecule has 0 unspecified atom stereocenters. The van der Waals surface area contributed by atoms with Gasteiger partial charge in [0.2, 0.25) is 0 Å². The Labute approximate surface area is 276 Å². The van der Waals surface area contributed by atoms with Crippen LogP contribution in [-0.4, -0.2) is 10.3 Å². The van der Waals surface area contributed by atoms with Gasteiger partial charge in [0.1, 0.15) is 0 Å². The molecule has 2 nitrogen and oxygen atoms in total. The molecule has 0 spiro atoms. The predicted molar refractivity (Wildman–Crippen MR) is 204 cm³/mol. The van der Waals surface area contributed by atoms with Gasteiger partial charge in [0.05, 0.1) is 16.7 Å². The molecule has 222 valence electrons. The van der Waals surface area contributed by atoms with E-state index in [1.807, 2.05) is 29.5 Å². The molecule has 0 saturated carbocycles. The molecule has 0 aliphatic heterocycles. The number of hydrogen-bond donors (Lipinski definition) is 0. The number of rotatable bonds is 4. The van der Waals surface area contributed by atoms with Crippen molar-refractivity contribution in [3.63, 3.8) is 0 Å². The van der Waals surface area contributed by atoms with Crippen LogP contribution in [-0.2, 0) is 0 Å². The quantitative estimate of drug-likeness (QED) is 0.175. The highest BCUT2D eigenvalue weighted by Crippen LogP contribution is 2.44. The minimum atomic E-state index is 0.930. The Hall–Kier alpha value is -5.77. The predicted octanol–water partition coefficient (Wildman–Crippen LogP) is 10.4. The smallest absolute Gasteiger partial charge is 0.0783 e. The number of thiophene rings is 1. The molecule has 0 aliphatic carbocycles. The van der Waals surface area contributed by atoms with Gasteiger partial charge in [-0.2, -0.15) is 0 Å². The number of benzene rings is 7. The van der Waals surface area contributed by atoms with Gasteiger partial charge in [-0.05, 0) is 47.4 Å². The fourth-order valence-electron chi connectivity index (χ4n) is 7.02. The number of fused-ring (bicyclic) bond motifs is 9. The Bertz CT molecular complexity index is 2800. The van der Waals surface area contributed by atoms with E-state index >= 15 is 0 Å². The zero-order valence-corrected chi connectivity index (χ0v) is 26.8. The number of nitrogens with zero attached hydrogens (tertiary/aromatic N) is 2. The van der Waals surface area contributed by atoms with E-state index < -0.39 is 0 Å². The Morgan fingerprint density at radius 1 is 0.596 bits per heavy atom. The molecule has 0 bridgehead atoms. The van der Waals surface area contributed by atoms with Gasteiger partial charge in [-0.3, -0.25) is 4.99 Å². The molecule has 0 saturated heterocycles. The zero-order chi connectivity index (χ0) is 31.5. The lowest BCUT2D eigenvalue weighted by atomic mass is 10.0. The third-order valence-electron chi connectivity index (χ3n) is 9.30. The summed E-state index contributed by atoms with van der Waals surface area (Å²) in [5.41, 5.74) is 7.64. The normalized spacial score (nSPS) is 12.9. The molecule has 9 rings (SSSR count). The van der Waals surface area contributed by atoms with Crippen LogP contribution in [0.25, 0.3) is 70.7 Å². The number of aromatic nitrogens is 1. The van der Waals surface area contributed by atoms with Crippen LogP contribution in [0.4, 0.5) is 0 Å². The lowest BCUT2D eigenvalue weighted by Crippen LogP contribution is -2.25. The third-order valence-corrected chi connectivity index (χ3v) is 10.5. The van der Waals surface area contributed by atoms with E-state index in [4.69, 9.17) is 4.99 Å². The van der Waals surface area contributed by atoms with Gasteiger partial charge in [0, 0.05) is 58.5 Å². The van der Waals surface area contributed by atoms with Crippen LogP contribution in [0.2, 0.25) is 0 Å². The summed E-state index contributed by atoms with van der Waals surface area (Å²) in [6.07, 6.45) is 0. The van der Waals surface area contributed by atoms with Crippen molar-refractivity contribution >= 4 is 82.1 Å². The molecule has 2 heterocycles. The lowest BCUT2D eigenvalue weighted by Gasteiger charge is -2.12. The largest absolute Gasteiger partial charge is 0.309 e. The molecule has 0 fully saturated rings. The Morgan fingerprint density at radius 3 is 2.09 bits per heavy atom. The molecular weight excluding hydrogens is 589 g/mol. The van der Waals surface area contributed by atoms with E-state index in [1.54, 1.807) is 0 Å². The number of aliphatic imine (C=N–C) groups is 1. The molecule has 47 heavy (non-hydrogen) atoms. The van der Waals surface area contributed by atoms with Crippen LogP contribution in [0, 0.1) is 0 Å². The van der Waals surface area contributed by atoms with Crippen molar-refractivity contribution in [2.75, 3.05) is 0 Å². The monoisotopic (exact) mass is 618 g/mol. The summed E-state index contributed by atoms with van der Waals surface area (Å²) >= 11 is 1.89. The van der Waals surface area contributed by atoms with Crippen LogP contribution >= 0.6 is 11.3 Å². The van der Waals surface area contributed by atoms with Crippen molar-refractivity contribution in [1.82, 2.24) is 4.57 Å². The molecule has 0 amide bonds. The van der Waals surface area contributed by atoms with Crippen LogP contribution in [0.5, 0.6) is 0 Å². The first-order valence-corrected chi connectivity index (χ1v) is 16.7. The maximum Gasteiger partial charge on any atom is 0.0783 e. The molecule has 3 heteroatoms. The van der Waals surface area contributed by atoms with Crippen LogP contribution in [0.3, 0.4) is 0 Å². The maximum absolute atomic E-state index is 5.22. The van der Waals surface area contributed by atoms with E-state index in [9.17, 15) is 0 Å². The van der Waals surface area contributed by atoms with Crippen molar-refractivity contribution < 1.29 is 0 Å². The molecule has 7 aromatic carbocycles. The second kappa shape index (κ2) is 10.9. The molecule has 2 aromatic heterocycles. The average molecular weight is 619 g/mol. The van der Waals surface area contributed by atoms with Crippen LogP contribution in [0.15, 0.2) is 157 Å². The first kappa shape index (κ1) is 27.5. The van der Waals surface area contributed by atoms with Crippen molar-refractivity contribution in [3.05, 3.63) is 173 Å². The minimum Gasteiger partial charge on any atom is -0.309 e. The molecule has 0 radical (unpaired) electrons. The van der Waals surface area contributed by atoms with Crippen LogP contribution in [0.1, 0.15) is 18.1 Å². The Kier molecular flexibility index (Phi) is 6.41. The van der Waals surface area contributed by atoms with Gasteiger partial charge < -0.3 is 4.57 Å². The van der Waals surface area contributed by atoms with E-state index in [1.165, 1.54) is 52.8 Å². The third kappa shape index (κ3) is 4.43. The maximum atomic E-state index is 5.22. The molecule has 0 atom stereocenters. The van der Waals surface area contributed by atoms with Gasteiger partial charge in [-0.25, -0.2) is 0 Å². The van der Waals surface area contributed by atoms with Crippen molar-refractivity contribution in [1.29, 1.82) is 0 Å². The van der Waals surface area contributed by atoms with Gasteiger partial charge in [-0.1, -0.05) is 134 Å². The van der Waals surface area contributed by atoms with E-state index in [0.717, 1.165) is 38.7 Å². The Morgan fingerprint density at radius 2 is 1.28 bits per heavy atom. The fourth-order valence-corrected chi connectivity index (χ4v) is 8.28. The minimum absolute atomic E-state index is 0.930. The fraction of sp³-hybridized carbons (Fsp3) is 0.0227. The van der Waals surface area contributed by atoms with Gasteiger partial charge >= 0.3 is 0 Å². The first-order valence-electron chi connectivity index (χ1n) is 15.9. The summed E-state index contributed by atoms with van der Waals surface area (Å²) in [5.74, 6) is 0. The first-order chi connectivity index (χ1) is 23.2.